The van der Waals surface area contributed by atoms with Crippen molar-refractivity contribution in [1.82, 2.24) is 19.3 Å². The molecule has 1 atom stereocenters. The molecular weight excluding hydrogens is 268 g/mol. The minimum absolute atomic E-state index is 0.549. The third kappa shape index (κ3) is 1.84. The average Bonchev–Trinajstić information content (AvgIpc) is 2.99. The van der Waals surface area contributed by atoms with Gasteiger partial charge in [-0.3, -0.25) is 4.68 Å². The highest BCUT2D eigenvalue weighted by Crippen LogP contribution is 2.33. The first kappa shape index (κ1) is 12.4. The number of aryl methyl sites for hydroxylation is 3. The highest BCUT2D eigenvalue weighted by molar-refractivity contribution is 7.99. The maximum absolute atomic E-state index is 5.91. The molecule has 1 unspecified atom stereocenters. The second kappa shape index (κ2) is 4.78. The van der Waals surface area contributed by atoms with Crippen molar-refractivity contribution in [2.24, 2.45) is 7.05 Å². The van der Waals surface area contributed by atoms with Crippen LogP contribution in [0, 0.1) is 6.92 Å². The Kier molecular flexibility index (Phi) is 3.28. The van der Waals surface area contributed by atoms with Crippen molar-refractivity contribution < 1.29 is 0 Å². The zero-order valence-corrected chi connectivity index (χ0v) is 12.3. The largest absolute Gasteiger partial charge is 0.309 e. The van der Waals surface area contributed by atoms with E-state index in [9.17, 15) is 0 Å². The SMILES string of the molecule is Cc1nn(C)c2c1nc(CCCl)n2C1CCSC1. The third-order valence-electron chi connectivity index (χ3n) is 3.50. The van der Waals surface area contributed by atoms with E-state index in [4.69, 9.17) is 16.6 Å². The second-order valence-corrected chi connectivity index (χ2v) is 6.26. The monoisotopic (exact) mass is 284 g/mol. The second-order valence-electron chi connectivity index (χ2n) is 4.74. The van der Waals surface area contributed by atoms with Crippen molar-refractivity contribution in [1.29, 1.82) is 0 Å². The van der Waals surface area contributed by atoms with Gasteiger partial charge in [0.2, 0.25) is 0 Å². The summed E-state index contributed by atoms with van der Waals surface area (Å²) in [6.07, 6.45) is 2.05. The van der Waals surface area contributed by atoms with Crippen molar-refractivity contribution in [2.75, 3.05) is 17.4 Å². The summed E-state index contributed by atoms with van der Waals surface area (Å²) in [4.78, 5) is 4.75. The Morgan fingerprint density at radius 3 is 3.00 bits per heavy atom. The lowest BCUT2D eigenvalue weighted by molar-refractivity contribution is 0.537. The van der Waals surface area contributed by atoms with Crippen LogP contribution in [-0.2, 0) is 13.5 Å². The quantitative estimate of drug-likeness (QED) is 0.813. The molecule has 1 fully saturated rings. The highest BCUT2D eigenvalue weighted by Gasteiger charge is 2.25. The molecule has 18 heavy (non-hydrogen) atoms. The predicted molar refractivity (Wildman–Crippen MR) is 76.6 cm³/mol. The highest BCUT2D eigenvalue weighted by atomic mass is 35.5. The lowest BCUT2D eigenvalue weighted by Gasteiger charge is -2.15. The van der Waals surface area contributed by atoms with E-state index in [-0.39, 0.29) is 0 Å². The Bertz CT molecular complexity index is 568. The van der Waals surface area contributed by atoms with Crippen LogP contribution >= 0.6 is 23.4 Å². The summed E-state index contributed by atoms with van der Waals surface area (Å²) in [7, 11) is 2.00. The van der Waals surface area contributed by atoms with Gasteiger partial charge in [-0.2, -0.15) is 16.9 Å². The van der Waals surface area contributed by atoms with Crippen LogP contribution in [-0.4, -0.2) is 36.7 Å². The summed E-state index contributed by atoms with van der Waals surface area (Å²) in [5.41, 5.74) is 3.20. The van der Waals surface area contributed by atoms with Gasteiger partial charge in [-0.15, -0.1) is 11.6 Å². The first-order valence-electron chi connectivity index (χ1n) is 6.26. The van der Waals surface area contributed by atoms with Gasteiger partial charge in [-0.05, 0) is 19.1 Å². The fourth-order valence-corrected chi connectivity index (χ4v) is 4.07. The molecule has 0 aliphatic carbocycles. The lowest BCUT2D eigenvalue weighted by Crippen LogP contribution is -2.14. The molecule has 0 N–H and O–H groups in total. The Morgan fingerprint density at radius 1 is 1.50 bits per heavy atom. The molecule has 2 aromatic heterocycles. The Labute approximate surface area is 116 Å². The van der Waals surface area contributed by atoms with Crippen molar-refractivity contribution in [3.05, 3.63) is 11.5 Å². The molecule has 0 radical (unpaired) electrons. The summed E-state index contributed by atoms with van der Waals surface area (Å²) in [6, 6.07) is 0.549. The van der Waals surface area contributed by atoms with Crippen LogP contribution < -0.4 is 0 Å². The van der Waals surface area contributed by atoms with E-state index in [0.29, 0.717) is 11.9 Å². The smallest absolute Gasteiger partial charge is 0.158 e. The zero-order chi connectivity index (χ0) is 12.7. The number of thioether (sulfide) groups is 1. The van der Waals surface area contributed by atoms with Gasteiger partial charge in [0.15, 0.2) is 5.65 Å². The van der Waals surface area contributed by atoms with E-state index in [1.165, 1.54) is 17.9 Å². The number of hydrogen-bond donors (Lipinski definition) is 0. The van der Waals surface area contributed by atoms with Crippen molar-refractivity contribution >= 4 is 34.5 Å². The molecule has 0 aromatic carbocycles. The Morgan fingerprint density at radius 2 is 2.33 bits per heavy atom. The summed E-state index contributed by atoms with van der Waals surface area (Å²) in [5, 5.41) is 4.48. The fraction of sp³-hybridized carbons (Fsp3) is 0.667. The van der Waals surface area contributed by atoms with E-state index in [1.54, 1.807) is 0 Å². The number of nitrogens with zero attached hydrogens (tertiary/aromatic N) is 4. The van der Waals surface area contributed by atoms with Gasteiger partial charge in [0.05, 0.1) is 5.69 Å². The molecular formula is C12H17ClN4S. The van der Waals surface area contributed by atoms with Gasteiger partial charge < -0.3 is 4.57 Å². The predicted octanol–water partition coefficient (Wildman–Crippen LogP) is 2.54. The van der Waals surface area contributed by atoms with Gasteiger partial charge in [0.1, 0.15) is 11.3 Å². The standard InChI is InChI=1S/C12H17ClN4S/c1-8-11-12(16(2)15-8)17(9-4-6-18-7-9)10(14-11)3-5-13/h9H,3-7H2,1-2H3. The van der Waals surface area contributed by atoms with Crippen molar-refractivity contribution in [2.45, 2.75) is 25.8 Å². The average molecular weight is 285 g/mol. The van der Waals surface area contributed by atoms with Crippen LogP contribution in [0.1, 0.15) is 24.0 Å². The number of halogens is 1. The van der Waals surface area contributed by atoms with E-state index in [1.807, 2.05) is 30.4 Å². The number of imidazole rings is 1. The fourth-order valence-electron chi connectivity index (χ4n) is 2.71. The van der Waals surface area contributed by atoms with Crippen LogP contribution in [0.4, 0.5) is 0 Å². The number of rotatable bonds is 3. The van der Waals surface area contributed by atoms with Gasteiger partial charge in [0, 0.05) is 31.1 Å². The lowest BCUT2D eigenvalue weighted by atomic mass is 10.2. The molecule has 1 aliphatic heterocycles. The molecule has 1 saturated heterocycles. The van der Waals surface area contributed by atoms with E-state index >= 15 is 0 Å². The van der Waals surface area contributed by atoms with E-state index in [2.05, 4.69) is 9.67 Å². The number of alkyl halides is 1. The van der Waals surface area contributed by atoms with Crippen LogP contribution in [0.5, 0.6) is 0 Å². The van der Waals surface area contributed by atoms with Crippen LogP contribution in [0.2, 0.25) is 0 Å². The molecule has 4 nitrogen and oxygen atoms in total. The maximum atomic E-state index is 5.91. The van der Waals surface area contributed by atoms with Crippen LogP contribution in [0.3, 0.4) is 0 Å². The van der Waals surface area contributed by atoms with Gasteiger partial charge in [-0.1, -0.05) is 0 Å². The van der Waals surface area contributed by atoms with Gasteiger partial charge in [0.25, 0.3) is 0 Å². The molecule has 3 heterocycles. The molecule has 6 heteroatoms. The normalized spacial score (nSPS) is 20.1. The molecule has 0 amide bonds. The molecule has 0 saturated carbocycles. The number of fused-ring (bicyclic) bond motifs is 1. The Balaban J connectivity index is 2.19. The molecule has 0 bridgehead atoms. The molecule has 3 rings (SSSR count). The van der Waals surface area contributed by atoms with Gasteiger partial charge in [-0.25, -0.2) is 4.98 Å². The first-order valence-corrected chi connectivity index (χ1v) is 7.95. The van der Waals surface area contributed by atoms with Crippen molar-refractivity contribution in [3.63, 3.8) is 0 Å². The Hall–Kier alpha value is -0.680. The minimum Gasteiger partial charge on any atom is -0.309 e. The topological polar surface area (TPSA) is 35.6 Å². The minimum atomic E-state index is 0.549. The maximum Gasteiger partial charge on any atom is 0.158 e. The molecule has 1 aliphatic rings. The molecule has 98 valence electrons. The van der Waals surface area contributed by atoms with E-state index in [0.717, 1.165) is 29.1 Å². The summed E-state index contributed by atoms with van der Waals surface area (Å²) < 4.78 is 4.33. The first-order chi connectivity index (χ1) is 8.72. The number of aromatic nitrogens is 4. The summed E-state index contributed by atoms with van der Waals surface area (Å²) >= 11 is 7.93. The van der Waals surface area contributed by atoms with Crippen molar-refractivity contribution in [3.8, 4) is 0 Å². The zero-order valence-electron chi connectivity index (χ0n) is 10.7. The number of hydrogen-bond acceptors (Lipinski definition) is 3. The van der Waals surface area contributed by atoms with E-state index < -0.39 is 0 Å². The van der Waals surface area contributed by atoms with Crippen LogP contribution in [0.25, 0.3) is 11.2 Å². The molecule has 2 aromatic rings. The third-order valence-corrected chi connectivity index (χ3v) is 4.83. The summed E-state index contributed by atoms with van der Waals surface area (Å²) in [6.45, 7) is 2.02. The molecule has 0 spiro atoms. The van der Waals surface area contributed by atoms with Gasteiger partial charge >= 0.3 is 0 Å². The van der Waals surface area contributed by atoms with Crippen LogP contribution in [0.15, 0.2) is 0 Å². The summed E-state index contributed by atoms with van der Waals surface area (Å²) in [5.74, 6) is 4.14.